The fourth-order valence-electron chi connectivity index (χ4n) is 1.86. The molecule has 0 amide bonds. The summed E-state index contributed by atoms with van der Waals surface area (Å²) >= 11 is 6.02. The van der Waals surface area contributed by atoms with Gasteiger partial charge in [-0.1, -0.05) is 35.9 Å². The quantitative estimate of drug-likeness (QED) is 0.767. The molecule has 0 saturated carbocycles. The summed E-state index contributed by atoms with van der Waals surface area (Å²) in [6, 6.07) is 13.2. The van der Waals surface area contributed by atoms with Crippen molar-refractivity contribution in [3.63, 3.8) is 0 Å². The van der Waals surface area contributed by atoms with Crippen LogP contribution < -0.4 is 0 Å². The fourth-order valence-corrected chi connectivity index (χ4v) is 3.69. The van der Waals surface area contributed by atoms with Crippen molar-refractivity contribution in [3.8, 4) is 0 Å². The summed E-state index contributed by atoms with van der Waals surface area (Å²) < 4.78 is 20.8. The second kappa shape index (κ2) is 5.39. The lowest BCUT2D eigenvalue weighted by Gasteiger charge is -2.33. The van der Waals surface area contributed by atoms with E-state index in [1.54, 1.807) is 62.4 Å². The molecule has 5 heteroatoms. The van der Waals surface area contributed by atoms with Gasteiger partial charge in [-0.05, 0) is 43.7 Å². The number of hydrogen-bond acceptors (Lipinski definition) is 3. The number of hydrogen-bond donors (Lipinski definition) is 3. The van der Waals surface area contributed by atoms with Crippen LogP contribution in [0.25, 0.3) is 0 Å². The average Bonchev–Trinajstić information content (AvgIpc) is 2.38. The van der Waals surface area contributed by atoms with Crippen molar-refractivity contribution in [1.82, 2.24) is 0 Å². The van der Waals surface area contributed by atoms with Gasteiger partial charge in [0.05, 0.1) is 20.4 Å². The van der Waals surface area contributed by atoms with Gasteiger partial charge in [0.2, 0.25) is 0 Å². The van der Waals surface area contributed by atoms with Crippen LogP contribution in [0, 0.1) is 0 Å². The van der Waals surface area contributed by atoms with Gasteiger partial charge in [-0.3, -0.25) is 9.11 Å². The Morgan fingerprint density at radius 2 is 1.50 bits per heavy atom. The number of benzene rings is 2. The van der Waals surface area contributed by atoms with Crippen LogP contribution in [0.1, 0.15) is 19.4 Å². The molecule has 0 fully saturated rings. The highest BCUT2D eigenvalue weighted by atomic mass is 35.5. The Kier molecular flexibility index (Phi) is 4.14. The number of aliphatic hydroxyl groups is 1. The minimum absolute atomic E-state index is 0.303. The predicted molar refractivity (Wildman–Crippen MR) is 82.5 cm³/mol. The summed E-state index contributed by atoms with van der Waals surface area (Å²) in [6.45, 7) is 3.35. The van der Waals surface area contributed by atoms with Gasteiger partial charge in [0.25, 0.3) is 0 Å². The van der Waals surface area contributed by atoms with E-state index in [2.05, 4.69) is 0 Å². The molecule has 108 valence electrons. The topological polar surface area (TPSA) is 60.7 Å². The minimum Gasteiger partial charge on any atom is -0.386 e. The maximum absolute atomic E-state index is 10.4. The second-order valence-corrected chi connectivity index (χ2v) is 7.48. The van der Waals surface area contributed by atoms with Gasteiger partial charge in [0.1, 0.15) is 0 Å². The molecule has 0 aliphatic rings. The van der Waals surface area contributed by atoms with Gasteiger partial charge in [0.15, 0.2) is 0 Å². The van der Waals surface area contributed by atoms with Crippen molar-refractivity contribution in [2.24, 2.45) is 0 Å². The molecule has 0 atom stereocenters. The zero-order valence-electron chi connectivity index (χ0n) is 11.2. The monoisotopic (exact) mass is 312 g/mol. The van der Waals surface area contributed by atoms with Crippen molar-refractivity contribution < 1.29 is 14.2 Å². The van der Waals surface area contributed by atoms with E-state index >= 15 is 0 Å². The molecular weight excluding hydrogens is 296 g/mol. The largest absolute Gasteiger partial charge is 0.386 e. The van der Waals surface area contributed by atoms with Gasteiger partial charge in [-0.25, -0.2) is 0 Å². The van der Waals surface area contributed by atoms with Gasteiger partial charge in [0, 0.05) is 0 Å². The summed E-state index contributed by atoms with van der Waals surface area (Å²) in [5.74, 6) is 0. The molecule has 0 aliphatic heterocycles. The Labute approximate surface area is 125 Å². The third-order valence-electron chi connectivity index (χ3n) is 3.03. The van der Waals surface area contributed by atoms with Crippen LogP contribution in [-0.2, 0) is 5.60 Å². The Morgan fingerprint density at radius 3 is 2.00 bits per heavy atom. The molecule has 20 heavy (non-hydrogen) atoms. The molecule has 0 saturated heterocycles. The molecule has 0 heterocycles. The van der Waals surface area contributed by atoms with Crippen molar-refractivity contribution in [2.45, 2.75) is 29.2 Å². The lowest BCUT2D eigenvalue weighted by Crippen LogP contribution is -2.15. The lowest BCUT2D eigenvalue weighted by atomic mass is 9.99. The summed E-state index contributed by atoms with van der Waals surface area (Å²) in [4.78, 5) is 0.677. The summed E-state index contributed by atoms with van der Waals surface area (Å²) in [5.41, 5.74) is -0.262. The molecule has 0 aromatic heterocycles. The van der Waals surface area contributed by atoms with Gasteiger partial charge in [-0.2, -0.15) is 0 Å². The van der Waals surface area contributed by atoms with E-state index < -0.39 is 16.2 Å². The highest BCUT2D eigenvalue weighted by molar-refractivity contribution is 8.24. The first-order valence-electron chi connectivity index (χ1n) is 6.08. The molecule has 2 rings (SSSR count). The van der Waals surface area contributed by atoms with Crippen molar-refractivity contribution >= 4 is 22.2 Å². The van der Waals surface area contributed by atoms with Crippen molar-refractivity contribution in [3.05, 3.63) is 59.1 Å². The van der Waals surface area contributed by atoms with E-state index in [1.807, 2.05) is 0 Å². The van der Waals surface area contributed by atoms with Crippen molar-refractivity contribution in [2.75, 3.05) is 0 Å². The molecule has 0 radical (unpaired) electrons. The Balaban J connectivity index is 2.43. The van der Waals surface area contributed by atoms with Crippen LogP contribution in [0.2, 0.25) is 5.02 Å². The normalized spacial score (nSPS) is 13.3. The molecule has 2 aromatic rings. The Hall–Kier alpha value is -1.04. The SMILES string of the molecule is CC(C)(O)c1ccc(S(O)(O)c2ccccc2Cl)cc1. The number of halogens is 1. The molecule has 3 nitrogen and oxygen atoms in total. The average molecular weight is 313 g/mol. The fraction of sp³-hybridized carbons (Fsp3) is 0.200. The number of rotatable bonds is 3. The third-order valence-corrected chi connectivity index (χ3v) is 5.37. The summed E-state index contributed by atoms with van der Waals surface area (Å²) in [5, 5.41) is 10.2. The first-order valence-corrected chi connectivity index (χ1v) is 8.01. The van der Waals surface area contributed by atoms with Crippen LogP contribution in [0.4, 0.5) is 0 Å². The van der Waals surface area contributed by atoms with Crippen LogP contribution >= 0.6 is 22.2 Å². The maximum atomic E-state index is 10.4. The minimum atomic E-state index is -3.15. The molecule has 3 N–H and O–H groups in total. The molecule has 0 aliphatic carbocycles. The van der Waals surface area contributed by atoms with E-state index in [9.17, 15) is 14.2 Å². The summed E-state index contributed by atoms with van der Waals surface area (Å²) in [6.07, 6.45) is 0. The molecule has 0 unspecified atom stereocenters. The highest BCUT2D eigenvalue weighted by Gasteiger charge is 2.23. The molecule has 2 aromatic carbocycles. The van der Waals surface area contributed by atoms with E-state index in [0.717, 1.165) is 0 Å². The first kappa shape index (κ1) is 15.4. The zero-order valence-corrected chi connectivity index (χ0v) is 12.8. The molecule has 0 bridgehead atoms. The Bertz CT molecular complexity index is 603. The molecular formula is C15H17ClO3S. The van der Waals surface area contributed by atoms with Gasteiger partial charge in [-0.15, -0.1) is 10.6 Å². The van der Waals surface area contributed by atoms with Crippen LogP contribution in [0.15, 0.2) is 58.3 Å². The first-order chi connectivity index (χ1) is 9.23. The zero-order chi connectivity index (χ0) is 15.0. The molecule has 0 spiro atoms. The standard InChI is InChI=1S/C15H17ClO3S/c1-15(2,17)11-7-9-12(10-8-11)20(18,19)14-6-4-3-5-13(14)16/h3-10,17-19H,1-2H3. The van der Waals surface area contributed by atoms with Gasteiger partial charge < -0.3 is 5.11 Å². The Morgan fingerprint density at radius 1 is 0.950 bits per heavy atom. The van der Waals surface area contributed by atoms with Crippen LogP contribution in [0.5, 0.6) is 0 Å². The van der Waals surface area contributed by atoms with E-state index in [1.165, 1.54) is 0 Å². The highest BCUT2D eigenvalue weighted by Crippen LogP contribution is 2.57. The van der Waals surface area contributed by atoms with E-state index in [-0.39, 0.29) is 0 Å². The van der Waals surface area contributed by atoms with Crippen LogP contribution in [-0.4, -0.2) is 14.2 Å². The predicted octanol–water partition coefficient (Wildman–Crippen LogP) is 4.74. The van der Waals surface area contributed by atoms with Crippen LogP contribution in [0.3, 0.4) is 0 Å². The van der Waals surface area contributed by atoms with Crippen molar-refractivity contribution in [1.29, 1.82) is 0 Å². The van der Waals surface area contributed by atoms with E-state index in [4.69, 9.17) is 11.6 Å². The third kappa shape index (κ3) is 3.00. The smallest absolute Gasteiger partial charge is 0.0840 e. The second-order valence-electron chi connectivity index (χ2n) is 5.06. The lowest BCUT2D eigenvalue weighted by molar-refractivity contribution is 0.0785. The maximum Gasteiger partial charge on any atom is 0.0840 e. The van der Waals surface area contributed by atoms with Gasteiger partial charge >= 0.3 is 0 Å². The van der Waals surface area contributed by atoms with E-state index in [0.29, 0.717) is 20.4 Å². The summed E-state index contributed by atoms with van der Waals surface area (Å²) in [7, 11) is -3.15.